The van der Waals surface area contributed by atoms with Crippen LogP contribution in [0.15, 0.2) is 6.07 Å². The van der Waals surface area contributed by atoms with Gasteiger partial charge < -0.3 is 10.2 Å². The average Bonchev–Trinajstić information content (AvgIpc) is 3.13. The van der Waals surface area contributed by atoms with Gasteiger partial charge in [-0.3, -0.25) is 9.48 Å². The Morgan fingerprint density at radius 3 is 2.77 bits per heavy atom. The van der Waals surface area contributed by atoms with E-state index in [0.29, 0.717) is 11.6 Å². The lowest BCUT2D eigenvalue weighted by Gasteiger charge is -2.31. The summed E-state index contributed by atoms with van der Waals surface area (Å²) in [7, 11) is 1.87. The number of likely N-dealkylation sites (tertiary alicyclic amines) is 1. The summed E-state index contributed by atoms with van der Waals surface area (Å²) >= 11 is 0. The molecule has 0 aromatic carbocycles. The van der Waals surface area contributed by atoms with Gasteiger partial charge in [0, 0.05) is 31.9 Å². The van der Waals surface area contributed by atoms with Crippen molar-refractivity contribution in [1.29, 1.82) is 0 Å². The van der Waals surface area contributed by atoms with Gasteiger partial charge in [0.05, 0.1) is 0 Å². The molecule has 2 aliphatic rings. The van der Waals surface area contributed by atoms with Crippen molar-refractivity contribution >= 4 is 5.91 Å². The fraction of sp³-hybridized carbons (Fsp3) is 0.765. The van der Waals surface area contributed by atoms with Gasteiger partial charge >= 0.3 is 0 Å². The number of nitrogens with one attached hydrogen (secondary N) is 1. The molecule has 122 valence electrons. The van der Waals surface area contributed by atoms with Crippen LogP contribution in [0.3, 0.4) is 0 Å². The first-order valence-corrected chi connectivity index (χ1v) is 8.66. The molecule has 1 unspecified atom stereocenters. The normalized spacial score (nSPS) is 23.8. The quantitative estimate of drug-likeness (QED) is 0.927. The molecule has 3 rings (SSSR count). The first-order chi connectivity index (χ1) is 10.6. The molecule has 1 aromatic heterocycles. The molecule has 0 radical (unpaired) electrons. The Hall–Kier alpha value is -1.36. The van der Waals surface area contributed by atoms with Crippen LogP contribution in [-0.4, -0.2) is 46.3 Å². The van der Waals surface area contributed by atoms with Crippen LogP contribution in [-0.2, 0) is 7.05 Å². The summed E-state index contributed by atoms with van der Waals surface area (Å²) in [4.78, 5) is 14.8. The second-order valence-electron chi connectivity index (χ2n) is 6.95. The van der Waals surface area contributed by atoms with Crippen molar-refractivity contribution in [3.05, 3.63) is 17.5 Å². The Morgan fingerprint density at radius 2 is 2.09 bits per heavy atom. The van der Waals surface area contributed by atoms with E-state index < -0.39 is 0 Å². The lowest BCUT2D eigenvalue weighted by atomic mass is 9.94. The Balaban J connectivity index is 1.45. The van der Waals surface area contributed by atoms with E-state index in [0.717, 1.165) is 24.8 Å². The molecule has 1 amide bonds. The highest BCUT2D eigenvalue weighted by Gasteiger charge is 2.29. The van der Waals surface area contributed by atoms with E-state index in [9.17, 15) is 4.79 Å². The van der Waals surface area contributed by atoms with Gasteiger partial charge in [0.15, 0.2) is 0 Å². The Kier molecular flexibility index (Phi) is 4.81. The van der Waals surface area contributed by atoms with E-state index in [1.807, 2.05) is 20.0 Å². The van der Waals surface area contributed by atoms with Crippen LogP contribution in [0.25, 0.3) is 0 Å². The molecule has 1 saturated carbocycles. The molecule has 1 saturated heterocycles. The van der Waals surface area contributed by atoms with Gasteiger partial charge in [-0.1, -0.05) is 19.3 Å². The third-order valence-corrected chi connectivity index (χ3v) is 5.31. The fourth-order valence-corrected chi connectivity index (χ4v) is 3.81. The molecule has 1 aliphatic carbocycles. The minimum atomic E-state index is -0.0418. The number of hydrogen-bond donors (Lipinski definition) is 1. The van der Waals surface area contributed by atoms with Gasteiger partial charge in [0.2, 0.25) is 0 Å². The third kappa shape index (κ3) is 3.51. The van der Waals surface area contributed by atoms with Crippen LogP contribution in [0, 0.1) is 12.8 Å². The predicted octanol–water partition coefficient (Wildman–Crippen LogP) is 2.11. The van der Waals surface area contributed by atoms with Crippen LogP contribution in [0.5, 0.6) is 0 Å². The smallest absolute Gasteiger partial charge is 0.271 e. The van der Waals surface area contributed by atoms with E-state index in [4.69, 9.17) is 0 Å². The van der Waals surface area contributed by atoms with E-state index in [-0.39, 0.29) is 5.91 Å². The number of rotatable bonds is 4. The van der Waals surface area contributed by atoms with Crippen molar-refractivity contribution < 1.29 is 4.79 Å². The zero-order valence-electron chi connectivity index (χ0n) is 13.8. The highest BCUT2D eigenvalue weighted by molar-refractivity contribution is 5.92. The van der Waals surface area contributed by atoms with E-state index >= 15 is 0 Å². The molecule has 1 N–H and O–H groups in total. The highest BCUT2D eigenvalue weighted by Crippen LogP contribution is 2.27. The van der Waals surface area contributed by atoms with Crippen molar-refractivity contribution in [1.82, 2.24) is 20.0 Å². The standard InChI is InChI=1S/C17H28N4O/c1-13-10-16(19-20(13)2)17(22)18-11-14-8-9-21(12-14)15-6-4-3-5-7-15/h10,14-15H,3-9,11-12H2,1-2H3,(H,18,22). The van der Waals surface area contributed by atoms with Crippen molar-refractivity contribution in [2.24, 2.45) is 13.0 Å². The van der Waals surface area contributed by atoms with Gasteiger partial charge in [0.1, 0.15) is 5.69 Å². The monoisotopic (exact) mass is 304 g/mol. The molecule has 1 aliphatic heterocycles. The average molecular weight is 304 g/mol. The number of amides is 1. The molecular weight excluding hydrogens is 276 g/mol. The molecule has 0 spiro atoms. The molecule has 5 nitrogen and oxygen atoms in total. The third-order valence-electron chi connectivity index (χ3n) is 5.31. The van der Waals surface area contributed by atoms with Gasteiger partial charge in [-0.25, -0.2) is 0 Å². The van der Waals surface area contributed by atoms with Crippen molar-refractivity contribution in [2.45, 2.75) is 51.5 Å². The lowest BCUT2D eigenvalue weighted by Crippen LogP contribution is -2.36. The summed E-state index contributed by atoms with van der Waals surface area (Å²) < 4.78 is 1.75. The molecule has 2 heterocycles. The van der Waals surface area contributed by atoms with Crippen molar-refractivity contribution in [3.8, 4) is 0 Å². The SMILES string of the molecule is Cc1cc(C(=O)NCC2CCN(C3CCCCC3)C2)nn1C. The maximum absolute atomic E-state index is 12.1. The zero-order valence-corrected chi connectivity index (χ0v) is 13.8. The zero-order chi connectivity index (χ0) is 15.5. The second-order valence-corrected chi connectivity index (χ2v) is 6.95. The summed E-state index contributed by atoms with van der Waals surface area (Å²) in [5.74, 6) is 0.551. The summed E-state index contributed by atoms with van der Waals surface area (Å²) in [5, 5.41) is 7.30. The number of carbonyl (C=O) groups is 1. The molecule has 22 heavy (non-hydrogen) atoms. The number of aryl methyl sites for hydroxylation is 2. The van der Waals surface area contributed by atoms with E-state index in [2.05, 4.69) is 15.3 Å². The minimum Gasteiger partial charge on any atom is -0.350 e. The number of aromatic nitrogens is 2. The van der Waals surface area contributed by atoms with Gasteiger partial charge in [-0.05, 0) is 44.7 Å². The van der Waals surface area contributed by atoms with Crippen LogP contribution in [0.4, 0.5) is 0 Å². The van der Waals surface area contributed by atoms with Crippen molar-refractivity contribution in [3.63, 3.8) is 0 Å². The number of carbonyl (C=O) groups excluding carboxylic acids is 1. The Labute approximate surface area is 133 Å². The maximum atomic E-state index is 12.1. The first-order valence-electron chi connectivity index (χ1n) is 8.66. The van der Waals surface area contributed by atoms with Gasteiger partial charge in [0.25, 0.3) is 5.91 Å². The maximum Gasteiger partial charge on any atom is 0.271 e. The van der Waals surface area contributed by atoms with Crippen LogP contribution >= 0.6 is 0 Å². The molecule has 1 aromatic rings. The summed E-state index contributed by atoms with van der Waals surface area (Å²) in [6.07, 6.45) is 8.13. The fourth-order valence-electron chi connectivity index (χ4n) is 3.81. The topological polar surface area (TPSA) is 50.2 Å². The largest absolute Gasteiger partial charge is 0.350 e. The van der Waals surface area contributed by atoms with Crippen LogP contribution in [0.2, 0.25) is 0 Å². The summed E-state index contributed by atoms with van der Waals surface area (Å²) in [6.45, 7) is 5.08. The van der Waals surface area contributed by atoms with E-state index in [1.165, 1.54) is 45.1 Å². The number of hydrogen-bond acceptors (Lipinski definition) is 3. The van der Waals surface area contributed by atoms with E-state index in [1.54, 1.807) is 4.68 Å². The van der Waals surface area contributed by atoms with Gasteiger partial charge in [-0.2, -0.15) is 5.10 Å². The molecule has 2 fully saturated rings. The molecule has 5 heteroatoms. The Bertz CT molecular complexity index is 499. The number of nitrogens with zero attached hydrogens (tertiary/aromatic N) is 3. The summed E-state index contributed by atoms with van der Waals surface area (Å²) in [5.41, 5.74) is 1.54. The van der Waals surface area contributed by atoms with Gasteiger partial charge in [-0.15, -0.1) is 0 Å². The lowest BCUT2D eigenvalue weighted by molar-refractivity contribution is 0.0940. The highest BCUT2D eigenvalue weighted by atomic mass is 16.1. The summed E-state index contributed by atoms with van der Waals surface area (Å²) in [6, 6.07) is 2.64. The molecular formula is C17H28N4O. The molecule has 1 atom stereocenters. The second kappa shape index (κ2) is 6.82. The Morgan fingerprint density at radius 1 is 1.32 bits per heavy atom. The van der Waals surface area contributed by atoms with Crippen LogP contribution in [0.1, 0.15) is 54.7 Å². The van der Waals surface area contributed by atoms with Crippen LogP contribution < -0.4 is 5.32 Å². The first kappa shape index (κ1) is 15.5. The van der Waals surface area contributed by atoms with Crippen molar-refractivity contribution in [2.75, 3.05) is 19.6 Å². The predicted molar refractivity (Wildman–Crippen MR) is 86.8 cm³/mol. The molecule has 0 bridgehead atoms. The minimum absolute atomic E-state index is 0.0418.